The molecule has 0 bridgehead atoms. The van der Waals surface area contributed by atoms with Gasteiger partial charge in [0.25, 0.3) is 0 Å². The summed E-state index contributed by atoms with van der Waals surface area (Å²) >= 11 is 0. The van der Waals surface area contributed by atoms with E-state index in [1.807, 2.05) is 12.1 Å². The molecule has 2 heteroatoms. The molecule has 2 N–H and O–H groups in total. The Morgan fingerprint density at radius 3 is 2.79 bits per heavy atom. The number of benzene rings is 1. The zero-order valence-corrected chi connectivity index (χ0v) is 8.70. The molecule has 2 rings (SSSR count). The fourth-order valence-electron chi connectivity index (χ4n) is 2.13. The predicted octanol–water partition coefficient (Wildman–Crippen LogP) is 1.64. The maximum absolute atomic E-state index is 9.90. The molecular formula is C12H17NO. The van der Waals surface area contributed by atoms with Crippen molar-refractivity contribution in [2.24, 2.45) is 0 Å². The van der Waals surface area contributed by atoms with E-state index >= 15 is 0 Å². The van der Waals surface area contributed by atoms with Gasteiger partial charge in [-0.1, -0.05) is 38.1 Å². The van der Waals surface area contributed by atoms with Crippen molar-refractivity contribution >= 4 is 0 Å². The van der Waals surface area contributed by atoms with Crippen LogP contribution in [0, 0.1) is 0 Å². The minimum atomic E-state index is -0.269. The summed E-state index contributed by atoms with van der Waals surface area (Å²) in [5.41, 5.74) is 2.53. The topological polar surface area (TPSA) is 32.3 Å². The molecule has 1 aromatic rings. The number of rotatable bonds is 2. The first-order valence-corrected chi connectivity index (χ1v) is 5.20. The minimum Gasteiger partial charge on any atom is -0.391 e. The van der Waals surface area contributed by atoms with Crippen LogP contribution in [0.25, 0.3) is 0 Å². The molecule has 0 amide bonds. The van der Waals surface area contributed by atoms with E-state index in [2.05, 4.69) is 31.3 Å². The number of nitrogens with one attached hydrogen (secondary N) is 1. The van der Waals surface area contributed by atoms with E-state index in [-0.39, 0.29) is 12.1 Å². The third-order valence-corrected chi connectivity index (χ3v) is 2.72. The fraction of sp³-hybridized carbons (Fsp3) is 0.500. The van der Waals surface area contributed by atoms with Crippen LogP contribution in [0.15, 0.2) is 24.3 Å². The Labute approximate surface area is 85.0 Å². The molecule has 1 aromatic carbocycles. The molecule has 0 unspecified atom stereocenters. The Bertz CT molecular complexity index is 322. The zero-order valence-electron chi connectivity index (χ0n) is 8.70. The predicted molar refractivity (Wildman–Crippen MR) is 57.2 cm³/mol. The SMILES string of the molecule is CC(C)N[C@@H]1c2ccccc2C[C@H]1O. The molecule has 0 radical (unpaired) electrons. The van der Waals surface area contributed by atoms with E-state index in [0.29, 0.717) is 6.04 Å². The van der Waals surface area contributed by atoms with Crippen molar-refractivity contribution < 1.29 is 5.11 Å². The van der Waals surface area contributed by atoms with Crippen LogP contribution in [0.1, 0.15) is 31.0 Å². The first kappa shape index (κ1) is 9.69. The summed E-state index contributed by atoms with van der Waals surface area (Å²) in [5.74, 6) is 0. The van der Waals surface area contributed by atoms with Gasteiger partial charge in [-0.05, 0) is 11.1 Å². The second kappa shape index (κ2) is 3.71. The number of fused-ring (bicyclic) bond motifs is 1. The second-order valence-corrected chi connectivity index (χ2v) is 4.27. The normalized spacial score (nSPS) is 25.4. The quantitative estimate of drug-likeness (QED) is 0.745. The van der Waals surface area contributed by atoms with Crippen molar-refractivity contribution in [2.75, 3.05) is 0 Å². The van der Waals surface area contributed by atoms with E-state index < -0.39 is 0 Å². The van der Waals surface area contributed by atoms with Crippen LogP contribution in [-0.4, -0.2) is 17.3 Å². The van der Waals surface area contributed by atoms with Gasteiger partial charge in [0, 0.05) is 12.5 Å². The molecule has 0 aliphatic heterocycles. The van der Waals surface area contributed by atoms with Crippen molar-refractivity contribution in [1.29, 1.82) is 0 Å². The number of aliphatic hydroxyl groups is 1. The zero-order chi connectivity index (χ0) is 10.1. The summed E-state index contributed by atoms with van der Waals surface area (Å²) in [6.45, 7) is 4.21. The highest BCUT2D eigenvalue weighted by atomic mass is 16.3. The lowest BCUT2D eigenvalue weighted by Gasteiger charge is -2.20. The number of hydrogen-bond acceptors (Lipinski definition) is 2. The number of hydrogen-bond donors (Lipinski definition) is 2. The maximum Gasteiger partial charge on any atom is 0.0775 e. The molecule has 1 aliphatic carbocycles. The van der Waals surface area contributed by atoms with Crippen molar-refractivity contribution in [2.45, 2.75) is 38.5 Å². The lowest BCUT2D eigenvalue weighted by Crippen LogP contribution is -2.33. The monoisotopic (exact) mass is 191 g/mol. The average molecular weight is 191 g/mol. The van der Waals surface area contributed by atoms with E-state index in [4.69, 9.17) is 0 Å². The maximum atomic E-state index is 9.90. The van der Waals surface area contributed by atoms with Gasteiger partial charge < -0.3 is 10.4 Å². The van der Waals surface area contributed by atoms with E-state index in [1.54, 1.807) is 0 Å². The third kappa shape index (κ3) is 1.68. The van der Waals surface area contributed by atoms with Gasteiger partial charge in [-0.25, -0.2) is 0 Å². The summed E-state index contributed by atoms with van der Waals surface area (Å²) in [7, 11) is 0. The van der Waals surface area contributed by atoms with Crippen LogP contribution in [0.5, 0.6) is 0 Å². The molecule has 76 valence electrons. The summed E-state index contributed by atoms with van der Waals surface area (Å²) in [5, 5.41) is 13.3. The highest BCUT2D eigenvalue weighted by Crippen LogP contribution is 2.31. The van der Waals surface area contributed by atoms with Crippen LogP contribution < -0.4 is 5.32 Å². The Morgan fingerprint density at radius 2 is 2.07 bits per heavy atom. The first-order valence-electron chi connectivity index (χ1n) is 5.20. The Hall–Kier alpha value is -0.860. The van der Waals surface area contributed by atoms with Crippen molar-refractivity contribution in [3.63, 3.8) is 0 Å². The summed E-state index contributed by atoms with van der Waals surface area (Å²) in [6, 6.07) is 8.79. The van der Waals surface area contributed by atoms with Crippen molar-refractivity contribution in [3.8, 4) is 0 Å². The van der Waals surface area contributed by atoms with E-state index in [9.17, 15) is 5.11 Å². The molecule has 0 saturated carbocycles. The van der Waals surface area contributed by atoms with Gasteiger partial charge in [-0.2, -0.15) is 0 Å². The minimum absolute atomic E-state index is 0.117. The summed E-state index contributed by atoms with van der Waals surface area (Å²) in [4.78, 5) is 0. The van der Waals surface area contributed by atoms with Gasteiger partial charge in [-0.15, -0.1) is 0 Å². The van der Waals surface area contributed by atoms with Crippen molar-refractivity contribution in [1.82, 2.24) is 5.32 Å². The Balaban J connectivity index is 2.25. The fourth-order valence-corrected chi connectivity index (χ4v) is 2.13. The molecule has 2 atom stereocenters. The summed E-state index contributed by atoms with van der Waals surface area (Å²) < 4.78 is 0. The first-order chi connectivity index (χ1) is 6.68. The smallest absolute Gasteiger partial charge is 0.0775 e. The molecule has 0 spiro atoms. The van der Waals surface area contributed by atoms with Crippen LogP contribution in [0.2, 0.25) is 0 Å². The number of aliphatic hydroxyl groups excluding tert-OH is 1. The van der Waals surface area contributed by atoms with Crippen LogP contribution in [0.4, 0.5) is 0 Å². The lowest BCUT2D eigenvalue weighted by atomic mass is 10.1. The van der Waals surface area contributed by atoms with Crippen LogP contribution in [0.3, 0.4) is 0 Å². The van der Waals surface area contributed by atoms with Crippen molar-refractivity contribution in [3.05, 3.63) is 35.4 Å². The second-order valence-electron chi connectivity index (χ2n) is 4.27. The molecule has 1 aliphatic rings. The van der Waals surface area contributed by atoms with Gasteiger partial charge in [0.2, 0.25) is 0 Å². The molecule has 0 aromatic heterocycles. The average Bonchev–Trinajstić information content (AvgIpc) is 2.43. The Morgan fingerprint density at radius 1 is 1.36 bits per heavy atom. The van der Waals surface area contributed by atoms with Gasteiger partial charge in [-0.3, -0.25) is 0 Å². The third-order valence-electron chi connectivity index (χ3n) is 2.72. The molecule has 2 nitrogen and oxygen atoms in total. The van der Waals surface area contributed by atoms with E-state index in [1.165, 1.54) is 11.1 Å². The highest BCUT2D eigenvalue weighted by Gasteiger charge is 2.30. The summed E-state index contributed by atoms with van der Waals surface area (Å²) in [6.07, 6.45) is 0.510. The largest absolute Gasteiger partial charge is 0.391 e. The lowest BCUT2D eigenvalue weighted by molar-refractivity contribution is 0.137. The molecule has 0 fully saturated rings. The molecular weight excluding hydrogens is 174 g/mol. The van der Waals surface area contributed by atoms with Gasteiger partial charge >= 0.3 is 0 Å². The van der Waals surface area contributed by atoms with Gasteiger partial charge in [0.15, 0.2) is 0 Å². The Kier molecular flexibility index (Phi) is 2.57. The highest BCUT2D eigenvalue weighted by molar-refractivity contribution is 5.36. The van der Waals surface area contributed by atoms with Gasteiger partial charge in [0.1, 0.15) is 0 Å². The molecule has 14 heavy (non-hydrogen) atoms. The van der Waals surface area contributed by atoms with Gasteiger partial charge in [0.05, 0.1) is 12.1 Å². The molecule has 0 saturated heterocycles. The standard InChI is InChI=1S/C12H17NO/c1-8(2)13-12-10-6-4-3-5-9(10)7-11(12)14/h3-6,8,11-14H,7H2,1-2H3/t11-,12-/m1/s1. The molecule has 0 heterocycles. The van der Waals surface area contributed by atoms with E-state index in [0.717, 1.165) is 6.42 Å². The van der Waals surface area contributed by atoms with Crippen LogP contribution >= 0.6 is 0 Å². The van der Waals surface area contributed by atoms with Crippen LogP contribution in [-0.2, 0) is 6.42 Å².